The lowest BCUT2D eigenvalue weighted by molar-refractivity contribution is -0.0260. The van der Waals surface area contributed by atoms with Crippen LogP contribution < -0.4 is 5.73 Å². The highest BCUT2D eigenvalue weighted by molar-refractivity contribution is 14.1. The summed E-state index contributed by atoms with van der Waals surface area (Å²) in [4.78, 5) is 2.41. The highest BCUT2D eigenvalue weighted by atomic mass is 127. The van der Waals surface area contributed by atoms with Gasteiger partial charge in [0, 0.05) is 29.7 Å². The summed E-state index contributed by atoms with van der Waals surface area (Å²) >= 11 is 2.33. The number of nitrogens with zero attached hydrogens (tertiary/aromatic N) is 1. The molecule has 1 aromatic rings. The van der Waals surface area contributed by atoms with E-state index in [4.69, 9.17) is 10.5 Å². The number of hydrogen-bond acceptors (Lipinski definition) is 3. The van der Waals surface area contributed by atoms with Crippen molar-refractivity contribution in [2.24, 2.45) is 5.73 Å². The van der Waals surface area contributed by atoms with E-state index in [0.29, 0.717) is 6.54 Å². The van der Waals surface area contributed by atoms with E-state index in [1.165, 1.54) is 9.13 Å². The van der Waals surface area contributed by atoms with Gasteiger partial charge in [0.2, 0.25) is 0 Å². The van der Waals surface area contributed by atoms with Crippen molar-refractivity contribution in [2.45, 2.75) is 12.6 Å². The first-order chi connectivity index (χ1) is 7.78. The summed E-state index contributed by atoms with van der Waals surface area (Å²) in [6.07, 6.45) is 0.206. The maximum Gasteiger partial charge on any atom is 0.0824 e. The number of benzene rings is 1. The number of hydrogen-bond donors (Lipinski definition) is 1. The van der Waals surface area contributed by atoms with E-state index >= 15 is 0 Å². The molecule has 1 atom stereocenters. The molecule has 1 fully saturated rings. The summed E-state index contributed by atoms with van der Waals surface area (Å²) in [6, 6.07) is 8.68. The summed E-state index contributed by atoms with van der Waals surface area (Å²) < 4.78 is 6.83. The minimum Gasteiger partial charge on any atom is -0.374 e. The molecule has 0 bridgehead atoms. The Balaban J connectivity index is 1.91. The molecule has 1 heterocycles. The molecule has 2 rings (SSSR count). The molecule has 0 aromatic heterocycles. The van der Waals surface area contributed by atoms with Crippen LogP contribution in [0.3, 0.4) is 0 Å². The van der Waals surface area contributed by atoms with Crippen LogP contribution in [-0.2, 0) is 11.3 Å². The quantitative estimate of drug-likeness (QED) is 0.852. The molecule has 1 aromatic carbocycles. The second-order valence-electron chi connectivity index (χ2n) is 4.09. The molecule has 0 radical (unpaired) electrons. The van der Waals surface area contributed by atoms with Crippen LogP contribution in [0.1, 0.15) is 5.56 Å². The third-order valence-electron chi connectivity index (χ3n) is 2.81. The molecule has 1 saturated heterocycles. The molecule has 1 aliphatic rings. The van der Waals surface area contributed by atoms with Crippen molar-refractivity contribution < 1.29 is 4.74 Å². The first-order valence-electron chi connectivity index (χ1n) is 5.56. The first-order valence-corrected chi connectivity index (χ1v) is 6.64. The van der Waals surface area contributed by atoms with Crippen molar-refractivity contribution in [3.05, 3.63) is 33.4 Å². The van der Waals surface area contributed by atoms with Crippen LogP contribution in [-0.4, -0.2) is 37.2 Å². The van der Waals surface area contributed by atoms with Gasteiger partial charge in [0.15, 0.2) is 0 Å². The molecule has 16 heavy (non-hydrogen) atoms. The van der Waals surface area contributed by atoms with E-state index in [1.54, 1.807) is 0 Å². The third-order valence-corrected chi connectivity index (χ3v) is 3.52. The van der Waals surface area contributed by atoms with Crippen molar-refractivity contribution in [1.29, 1.82) is 0 Å². The topological polar surface area (TPSA) is 38.5 Å². The molecular formula is C12H17IN2O. The average Bonchev–Trinajstić information content (AvgIpc) is 2.32. The second kappa shape index (κ2) is 5.95. The molecule has 88 valence electrons. The fourth-order valence-corrected chi connectivity index (χ4v) is 2.27. The average molecular weight is 332 g/mol. The molecule has 1 unspecified atom stereocenters. The van der Waals surface area contributed by atoms with E-state index in [1.807, 2.05) is 0 Å². The van der Waals surface area contributed by atoms with E-state index in [0.717, 1.165) is 26.2 Å². The van der Waals surface area contributed by atoms with Gasteiger partial charge >= 0.3 is 0 Å². The fourth-order valence-electron chi connectivity index (χ4n) is 1.91. The van der Waals surface area contributed by atoms with Gasteiger partial charge in [-0.05, 0) is 40.3 Å². The van der Waals surface area contributed by atoms with Gasteiger partial charge in [-0.1, -0.05) is 12.1 Å². The second-order valence-corrected chi connectivity index (χ2v) is 5.34. The highest BCUT2D eigenvalue weighted by Gasteiger charge is 2.18. The zero-order valence-corrected chi connectivity index (χ0v) is 11.4. The largest absolute Gasteiger partial charge is 0.374 e. The normalized spacial score (nSPS) is 22.2. The lowest BCUT2D eigenvalue weighted by atomic mass is 10.2. The lowest BCUT2D eigenvalue weighted by Crippen LogP contribution is -2.45. The van der Waals surface area contributed by atoms with Crippen molar-refractivity contribution in [3.63, 3.8) is 0 Å². The predicted octanol–water partition coefficient (Wildman–Crippen LogP) is 1.45. The molecule has 0 aliphatic carbocycles. The van der Waals surface area contributed by atoms with Gasteiger partial charge in [-0.15, -0.1) is 0 Å². The first kappa shape index (κ1) is 12.3. The van der Waals surface area contributed by atoms with E-state index in [2.05, 4.69) is 51.8 Å². The minimum absolute atomic E-state index is 0.206. The van der Waals surface area contributed by atoms with Crippen LogP contribution in [0.4, 0.5) is 0 Å². The highest BCUT2D eigenvalue weighted by Crippen LogP contribution is 2.12. The van der Waals surface area contributed by atoms with E-state index in [-0.39, 0.29) is 6.10 Å². The molecule has 1 aliphatic heterocycles. The summed E-state index contributed by atoms with van der Waals surface area (Å²) in [5, 5.41) is 0. The van der Waals surface area contributed by atoms with Crippen molar-refractivity contribution in [2.75, 3.05) is 26.2 Å². The third kappa shape index (κ3) is 3.41. The molecule has 0 spiro atoms. The zero-order valence-electron chi connectivity index (χ0n) is 9.23. The van der Waals surface area contributed by atoms with Crippen LogP contribution in [0, 0.1) is 3.57 Å². The maximum absolute atomic E-state index is 5.63. The molecule has 3 nitrogen and oxygen atoms in total. The molecular weight excluding hydrogens is 315 g/mol. The van der Waals surface area contributed by atoms with Gasteiger partial charge in [-0.3, -0.25) is 4.90 Å². The van der Waals surface area contributed by atoms with Crippen LogP contribution in [0.15, 0.2) is 24.3 Å². The standard InChI is InChI=1S/C12H17IN2O/c13-11-3-1-10(2-4-11)8-15-5-6-16-12(7-14)9-15/h1-4,12H,5-9,14H2. The Bertz CT molecular complexity index is 328. The van der Waals surface area contributed by atoms with Gasteiger partial charge in [0.05, 0.1) is 12.7 Å². The number of nitrogens with two attached hydrogens (primary N) is 1. The Morgan fingerprint density at radius 3 is 2.81 bits per heavy atom. The summed E-state index contributed by atoms with van der Waals surface area (Å²) in [5.74, 6) is 0. The predicted molar refractivity (Wildman–Crippen MR) is 73.2 cm³/mol. The van der Waals surface area contributed by atoms with Crippen molar-refractivity contribution in [3.8, 4) is 0 Å². The zero-order chi connectivity index (χ0) is 11.4. The fraction of sp³-hybridized carbons (Fsp3) is 0.500. The number of rotatable bonds is 3. The Morgan fingerprint density at radius 2 is 2.12 bits per heavy atom. The van der Waals surface area contributed by atoms with Gasteiger partial charge in [-0.2, -0.15) is 0 Å². The number of morpholine rings is 1. The number of ether oxygens (including phenoxy) is 1. The molecule has 4 heteroatoms. The summed E-state index contributed by atoms with van der Waals surface area (Å²) in [6.45, 7) is 4.36. The monoisotopic (exact) mass is 332 g/mol. The van der Waals surface area contributed by atoms with E-state index < -0.39 is 0 Å². The van der Waals surface area contributed by atoms with Crippen LogP contribution in [0.2, 0.25) is 0 Å². The number of halogens is 1. The Kier molecular flexibility index (Phi) is 4.57. The van der Waals surface area contributed by atoms with Gasteiger partial charge in [-0.25, -0.2) is 0 Å². The smallest absolute Gasteiger partial charge is 0.0824 e. The molecule has 2 N–H and O–H groups in total. The summed E-state index contributed by atoms with van der Waals surface area (Å²) in [7, 11) is 0. The Hall–Kier alpha value is -0.170. The SMILES string of the molecule is NCC1CN(Cc2ccc(I)cc2)CCO1. The van der Waals surface area contributed by atoms with Crippen LogP contribution in [0.25, 0.3) is 0 Å². The van der Waals surface area contributed by atoms with Crippen molar-refractivity contribution in [1.82, 2.24) is 4.90 Å². The lowest BCUT2D eigenvalue weighted by Gasteiger charge is -2.32. The van der Waals surface area contributed by atoms with Crippen molar-refractivity contribution >= 4 is 22.6 Å². The Morgan fingerprint density at radius 1 is 1.38 bits per heavy atom. The maximum atomic E-state index is 5.63. The van der Waals surface area contributed by atoms with Gasteiger partial charge in [0.1, 0.15) is 0 Å². The van der Waals surface area contributed by atoms with Crippen LogP contribution in [0.5, 0.6) is 0 Å². The van der Waals surface area contributed by atoms with Gasteiger partial charge in [0.25, 0.3) is 0 Å². The molecule has 0 amide bonds. The van der Waals surface area contributed by atoms with Gasteiger partial charge < -0.3 is 10.5 Å². The van der Waals surface area contributed by atoms with E-state index in [9.17, 15) is 0 Å². The minimum atomic E-state index is 0.206. The summed E-state index contributed by atoms with van der Waals surface area (Å²) in [5.41, 5.74) is 6.99. The Labute approximate surface area is 110 Å². The molecule has 0 saturated carbocycles. The van der Waals surface area contributed by atoms with Crippen LogP contribution >= 0.6 is 22.6 Å².